The zero-order chi connectivity index (χ0) is 25.8. The Hall–Kier alpha value is -4.02. The first kappa shape index (κ1) is 26.2. The van der Waals surface area contributed by atoms with Crippen LogP contribution in [0.3, 0.4) is 0 Å². The first-order valence-electron chi connectivity index (χ1n) is 10.3. The van der Waals surface area contributed by atoms with E-state index < -0.39 is 40.6 Å². The summed E-state index contributed by atoms with van der Waals surface area (Å²) in [5.41, 5.74) is -0.702. The van der Waals surface area contributed by atoms with Gasteiger partial charge in [0.05, 0.1) is 22.7 Å². The monoisotopic (exact) mass is 474 g/mol. The maximum absolute atomic E-state index is 12.4. The number of hydrogen-bond acceptors (Lipinski definition) is 9. The Labute approximate surface area is 195 Å². The molecule has 0 atom stereocenters. The molecule has 34 heavy (non-hydrogen) atoms. The number of nitro benzene ring substituents is 1. The third kappa shape index (κ3) is 5.85. The Morgan fingerprint density at radius 2 is 1.74 bits per heavy atom. The summed E-state index contributed by atoms with van der Waals surface area (Å²) in [6.45, 7) is 8.93. The second-order valence-corrected chi connectivity index (χ2v) is 8.38. The number of nitrogens with zero attached hydrogens (tertiary/aromatic N) is 1. The van der Waals surface area contributed by atoms with E-state index in [4.69, 9.17) is 13.9 Å². The lowest BCUT2D eigenvalue weighted by molar-refractivity contribution is -0.386. The third-order valence-corrected chi connectivity index (χ3v) is 4.74. The number of Topliss-reactive ketones (excluding diaryl/α,β-unsaturated/α-hetero) is 1. The van der Waals surface area contributed by atoms with Crippen molar-refractivity contribution in [3.8, 4) is 0 Å². The van der Waals surface area contributed by atoms with E-state index in [0.29, 0.717) is 5.56 Å². The molecule has 0 bridgehead atoms. The SMILES string of the molecule is CCOC(=O)c1c(NC(=O)COC(=O)c2ccc(C(C)(C)C)c([N+](=O)[O-])c2)oc(C)c1C(C)=O. The van der Waals surface area contributed by atoms with Gasteiger partial charge in [-0.15, -0.1) is 0 Å². The predicted molar refractivity (Wildman–Crippen MR) is 120 cm³/mol. The van der Waals surface area contributed by atoms with E-state index in [1.807, 2.05) is 0 Å². The maximum Gasteiger partial charge on any atom is 0.344 e. The molecular formula is C23H26N2O9. The summed E-state index contributed by atoms with van der Waals surface area (Å²) in [6, 6.07) is 3.94. The summed E-state index contributed by atoms with van der Waals surface area (Å²) < 4.78 is 15.2. The van der Waals surface area contributed by atoms with E-state index in [1.165, 1.54) is 26.0 Å². The lowest BCUT2D eigenvalue weighted by Crippen LogP contribution is -2.22. The van der Waals surface area contributed by atoms with E-state index in [-0.39, 0.29) is 40.6 Å². The average Bonchev–Trinajstić information content (AvgIpc) is 3.06. The van der Waals surface area contributed by atoms with E-state index in [1.54, 1.807) is 27.7 Å². The van der Waals surface area contributed by atoms with Crippen LogP contribution in [-0.4, -0.2) is 41.8 Å². The number of ketones is 1. The number of benzene rings is 1. The van der Waals surface area contributed by atoms with Crippen molar-refractivity contribution in [3.63, 3.8) is 0 Å². The molecule has 0 aliphatic rings. The zero-order valence-corrected chi connectivity index (χ0v) is 19.8. The lowest BCUT2D eigenvalue weighted by Gasteiger charge is -2.19. The highest BCUT2D eigenvalue weighted by Gasteiger charge is 2.29. The van der Waals surface area contributed by atoms with Crippen molar-refractivity contribution in [2.45, 2.75) is 47.0 Å². The van der Waals surface area contributed by atoms with Crippen molar-refractivity contribution in [1.29, 1.82) is 0 Å². The van der Waals surface area contributed by atoms with E-state index in [9.17, 15) is 29.3 Å². The van der Waals surface area contributed by atoms with Gasteiger partial charge in [0.1, 0.15) is 11.3 Å². The Bertz CT molecular complexity index is 1160. The Balaban J connectivity index is 2.19. The molecule has 1 N–H and O–H groups in total. The summed E-state index contributed by atoms with van der Waals surface area (Å²) in [5.74, 6) is -3.34. The van der Waals surface area contributed by atoms with Crippen LogP contribution in [0.25, 0.3) is 0 Å². The Morgan fingerprint density at radius 1 is 1.09 bits per heavy atom. The summed E-state index contributed by atoms with van der Waals surface area (Å²) >= 11 is 0. The van der Waals surface area contributed by atoms with Crippen LogP contribution in [-0.2, 0) is 19.7 Å². The normalized spacial score (nSPS) is 11.0. The maximum atomic E-state index is 12.4. The standard InChI is InChI=1S/C23H26N2O9/c1-7-32-22(29)19-18(12(2)26)13(3)34-20(19)24-17(27)11-33-21(28)14-8-9-15(23(4,5)6)16(10-14)25(30)31/h8-10H,7,11H2,1-6H3,(H,24,27). The van der Waals surface area contributed by atoms with Crippen LogP contribution in [0.5, 0.6) is 0 Å². The summed E-state index contributed by atoms with van der Waals surface area (Å²) in [4.78, 5) is 59.8. The number of furan rings is 1. The van der Waals surface area contributed by atoms with Gasteiger partial charge in [0.15, 0.2) is 12.4 Å². The number of nitrogens with one attached hydrogen (secondary N) is 1. The van der Waals surface area contributed by atoms with Gasteiger partial charge in [-0.05, 0) is 32.3 Å². The predicted octanol–water partition coefficient (Wildman–Crippen LogP) is 3.97. The van der Waals surface area contributed by atoms with E-state index in [2.05, 4.69) is 5.32 Å². The Morgan fingerprint density at radius 3 is 2.26 bits per heavy atom. The molecule has 0 aliphatic carbocycles. The van der Waals surface area contributed by atoms with E-state index in [0.717, 1.165) is 6.07 Å². The van der Waals surface area contributed by atoms with Crippen LogP contribution >= 0.6 is 0 Å². The number of ether oxygens (including phenoxy) is 2. The van der Waals surface area contributed by atoms with Crippen molar-refractivity contribution in [1.82, 2.24) is 0 Å². The molecule has 11 nitrogen and oxygen atoms in total. The number of carbonyl (C=O) groups is 4. The highest BCUT2D eigenvalue weighted by molar-refractivity contribution is 6.10. The minimum absolute atomic E-state index is 0.0306. The fourth-order valence-electron chi connectivity index (χ4n) is 3.28. The van der Waals surface area contributed by atoms with Gasteiger partial charge in [0.2, 0.25) is 5.88 Å². The van der Waals surface area contributed by atoms with Gasteiger partial charge in [0, 0.05) is 11.6 Å². The number of esters is 2. The van der Waals surface area contributed by atoms with Crippen molar-refractivity contribution in [3.05, 3.63) is 56.3 Å². The number of amides is 1. The largest absolute Gasteiger partial charge is 0.462 e. The number of carbonyl (C=O) groups excluding carboxylic acids is 4. The Kier molecular flexibility index (Phi) is 7.93. The lowest BCUT2D eigenvalue weighted by atomic mass is 9.85. The summed E-state index contributed by atoms with van der Waals surface area (Å²) in [6.07, 6.45) is 0. The second-order valence-electron chi connectivity index (χ2n) is 8.38. The van der Waals surface area contributed by atoms with Gasteiger partial charge >= 0.3 is 11.9 Å². The number of nitro groups is 1. The van der Waals surface area contributed by atoms with Gasteiger partial charge in [-0.2, -0.15) is 0 Å². The molecule has 1 aromatic heterocycles. The fraction of sp³-hybridized carbons (Fsp3) is 0.391. The van der Waals surface area contributed by atoms with Crippen LogP contribution < -0.4 is 5.32 Å². The molecule has 2 aromatic rings. The van der Waals surface area contributed by atoms with Gasteiger partial charge in [-0.3, -0.25) is 25.0 Å². The molecule has 0 aliphatic heterocycles. The number of anilines is 1. The quantitative estimate of drug-likeness (QED) is 0.259. The van der Waals surface area contributed by atoms with Crippen LogP contribution in [0.1, 0.15) is 77.0 Å². The first-order chi connectivity index (χ1) is 15.8. The van der Waals surface area contributed by atoms with Crippen LogP contribution in [0.4, 0.5) is 11.6 Å². The van der Waals surface area contributed by atoms with Gasteiger partial charge in [0.25, 0.3) is 11.6 Å². The van der Waals surface area contributed by atoms with Crippen LogP contribution in [0.15, 0.2) is 22.6 Å². The molecule has 182 valence electrons. The van der Waals surface area contributed by atoms with Crippen molar-refractivity contribution >= 4 is 35.2 Å². The number of rotatable bonds is 8. The van der Waals surface area contributed by atoms with Gasteiger partial charge < -0.3 is 13.9 Å². The topological polar surface area (TPSA) is 155 Å². The molecule has 1 aromatic carbocycles. The molecule has 1 amide bonds. The average molecular weight is 474 g/mol. The minimum atomic E-state index is -0.954. The molecule has 1 heterocycles. The molecular weight excluding hydrogens is 448 g/mol. The van der Waals surface area contributed by atoms with Crippen molar-refractivity contribution in [2.75, 3.05) is 18.5 Å². The molecule has 0 saturated carbocycles. The number of hydrogen-bond donors (Lipinski definition) is 1. The van der Waals surface area contributed by atoms with Gasteiger partial charge in [-0.25, -0.2) is 9.59 Å². The molecule has 11 heteroatoms. The summed E-state index contributed by atoms with van der Waals surface area (Å²) in [5, 5.41) is 13.7. The molecule has 0 spiro atoms. The number of aryl methyl sites for hydroxylation is 1. The second kappa shape index (κ2) is 10.3. The smallest absolute Gasteiger partial charge is 0.344 e. The van der Waals surface area contributed by atoms with Gasteiger partial charge in [-0.1, -0.05) is 26.8 Å². The highest BCUT2D eigenvalue weighted by Crippen LogP contribution is 2.32. The first-order valence-corrected chi connectivity index (χ1v) is 10.3. The highest BCUT2D eigenvalue weighted by atomic mass is 16.6. The third-order valence-electron chi connectivity index (χ3n) is 4.74. The molecule has 0 fully saturated rings. The molecule has 0 radical (unpaired) electrons. The summed E-state index contributed by atoms with van der Waals surface area (Å²) in [7, 11) is 0. The minimum Gasteiger partial charge on any atom is -0.462 e. The zero-order valence-electron chi connectivity index (χ0n) is 19.8. The fourth-order valence-corrected chi connectivity index (χ4v) is 3.28. The molecule has 0 saturated heterocycles. The molecule has 2 rings (SSSR count). The van der Waals surface area contributed by atoms with Crippen LogP contribution in [0, 0.1) is 17.0 Å². The van der Waals surface area contributed by atoms with Crippen molar-refractivity contribution < 1.29 is 38.0 Å². The molecule has 0 unspecified atom stereocenters. The van der Waals surface area contributed by atoms with E-state index >= 15 is 0 Å². The van der Waals surface area contributed by atoms with Crippen LogP contribution in [0.2, 0.25) is 0 Å². The van der Waals surface area contributed by atoms with Crippen molar-refractivity contribution in [2.24, 2.45) is 0 Å².